The van der Waals surface area contributed by atoms with Gasteiger partial charge in [-0.15, -0.1) is 5.10 Å². The third-order valence-electron chi connectivity index (χ3n) is 3.14. The molecule has 1 aromatic carbocycles. The van der Waals surface area contributed by atoms with Crippen LogP contribution in [-0.2, 0) is 6.54 Å². The monoisotopic (exact) mass is 270 g/mol. The molecule has 0 saturated heterocycles. The van der Waals surface area contributed by atoms with E-state index in [-0.39, 0.29) is 18.3 Å². The van der Waals surface area contributed by atoms with Crippen LogP contribution in [0.5, 0.6) is 0 Å². The van der Waals surface area contributed by atoms with Gasteiger partial charge in [-0.3, -0.25) is 9.36 Å². The molecule has 102 valence electrons. The predicted octanol–water partition coefficient (Wildman–Crippen LogP) is 1.05. The summed E-state index contributed by atoms with van der Waals surface area (Å²) in [6, 6.07) is 7.40. The molecule has 0 unspecified atom stereocenters. The van der Waals surface area contributed by atoms with Gasteiger partial charge in [-0.25, -0.2) is 0 Å². The van der Waals surface area contributed by atoms with Crippen LogP contribution < -0.4 is 11.5 Å². The van der Waals surface area contributed by atoms with Gasteiger partial charge in [0.1, 0.15) is 6.54 Å². The zero-order valence-corrected chi connectivity index (χ0v) is 10.9. The molecule has 0 aliphatic heterocycles. The van der Waals surface area contributed by atoms with Gasteiger partial charge in [0.2, 0.25) is 0 Å². The second kappa shape index (κ2) is 4.37. The number of benzene rings is 1. The van der Waals surface area contributed by atoms with Crippen LogP contribution in [0.3, 0.4) is 0 Å². The molecule has 2 aromatic heterocycles. The first kappa shape index (κ1) is 12.2. The zero-order valence-electron chi connectivity index (χ0n) is 10.9. The summed E-state index contributed by atoms with van der Waals surface area (Å²) in [5, 5.41) is 8.69. The third-order valence-corrected chi connectivity index (χ3v) is 3.14. The Kier molecular flexibility index (Phi) is 2.67. The van der Waals surface area contributed by atoms with Crippen LogP contribution in [-0.4, -0.2) is 25.5 Å². The summed E-state index contributed by atoms with van der Waals surface area (Å²) in [5.74, 6) is 0.148. The van der Waals surface area contributed by atoms with Gasteiger partial charge in [-0.05, 0) is 25.1 Å². The van der Waals surface area contributed by atoms with Gasteiger partial charge < -0.3 is 11.5 Å². The maximum Gasteiger partial charge on any atom is 0.254 e. The molecule has 0 amide bonds. The average molecular weight is 270 g/mol. The fourth-order valence-corrected chi connectivity index (χ4v) is 2.30. The topological polar surface area (TPSA) is 105 Å². The minimum absolute atomic E-state index is 0.0244. The van der Waals surface area contributed by atoms with E-state index < -0.39 is 0 Å². The lowest BCUT2D eigenvalue weighted by atomic mass is 10.2. The van der Waals surface area contributed by atoms with Crippen molar-refractivity contribution in [2.24, 2.45) is 0 Å². The van der Waals surface area contributed by atoms with Gasteiger partial charge in [-0.1, -0.05) is 6.07 Å². The van der Waals surface area contributed by atoms with Crippen LogP contribution in [0.1, 0.15) is 10.5 Å². The van der Waals surface area contributed by atoms with Crippen LogP contribution in [0.4, 0.5) is 11.5 Å². The third kappa shape index (κ3) is 1.89. The van der Waals surface area contributed by atoms with Gasteiger partial charge in [-0.2, -0.15) is 9.90 Å². The molecule has 0 atom stereocenters. The molecule has 4 N–H and O–H groups in total. The van der Waals surface area contributed by atoms with Gasteiger partial charge in [0.15, 0.2) is 5.82 Å². The Balaban J connectivity index is 2.03. The number of carbonyl (C=O) groups is 1. The van der Waals surface area contributed by atoms with Gasteiger partial charge in [0.05, 0.1) is 11.7 Å². The highest BCUT2D eigenvalue weighted by Crippen LogP contribution is 2.24. The molecular weight excluding hydrogens is 256 g/mol. The largest absolute Gasteiger partial charge is 0.398 e. The molecule has 20 heavy (non-hydrogen) atoms. The first-order valence-electron chi connectivity index (χ1n) is 6.11. The summed E-state index contributed by atoms with van der Waals surface area (Å²) < 4.78 is 1.62. The van der Waals surface area contributed by atoms with E-state index in [1.54, 1.807) is 4.57 Å². The lowest BCUT2D eigenvalue weighted by molar-refractivity contribution is 0.0884. The number of anilines is 2. The maximum absolute atomic E-state index is 12.4. The predicted molar refractivity (Wildman–Crippen MR) is 76.1 cm³/mol. The van der Waals surface area contributed by atoms with E-state index in [0.29, 0.717) is 5.69 Å². The standard InChI is InChI=1S/C13H14N6O/c1-8-5-9-10(14)3-2-4-11(9)19(8)13(20)7-18-16-6-12(15)17-18/h2-6H,7,14H2,1H3,(H2,15,17). The number of hydrogen-bond donors (Lipinski definition) is 2. The van der Waals surface area contributed by atoms with E-state index in [1.165, 1.54) is 11.0 Å². The Morgan fingerprint density at radius 2 is 2.15 bits per heavy atom. The number of hydrogen-bond acceptors (Lipinski definition) is 5. The molecule has 3 rings (SSSR count). The fraction of sp³-hybridized carbons (Fsp3) is 0.154. The number of nitrogens with zero attached hydrogens (tertiary/aromatic N) is 4. The quantitative estimate of drug-likeness (QED) is 0.677. The van der Waals surface area contributed by atoms with Crippen molar-refractivity contribution >= 4 is 28.3 Å². The van der Waals surface area contributed by atoms with E-state index in [1.807, 2.05) is 31.2 Å². The Morgan fingerprint density at radius 1 is 1.35 bits per heavy atom. The number of fused-ring (bicyclic) bond motifs is 1. The summed E-state index contributed by atoms with van der Waals surface area (Å²) in [5.41, 5.74) is 13.7. The van der Waals surface area contributed by atoms with Crippen molar-refractivity contribution in [2.75, 3.05) is 11.5 Å². The van der Waals surface area contributed by atoms with E-state index in [0.717, 1.165) is 16.6 Å². The Hall–Kier alpha value is -2.83. The molecule has 3 aromatic rings. The van der Waals surface area contributed by atoms with E-state index in [2.05, 4.69) is 10.2 Å². The van der Waals surface area contributed by atoms with E-state index in [9.17, 15) is 4.79 Å². The molecule has 7 heteroatoms. The summed E-state index contributed by atoms with van der Waals surface area (Å²) in [6.45, 7) is 1.89. The molecule has 7 nitrogen and oxygen atoms in total. The summed E-state index contributed by atoms with van der Waals surface area (Å²) in [4.78, 5) is 13.7. The van der Waals surface area contributed by atoms with Crippen LogP contribution in [0, 0.1) is 6.92 Å². The van der Waals surface area contributed by atoms with E-state index >= 15 is 0 Å². The first-order chi connectivity index (χ1) is 9.56. The normalized spacial score (nSPS) is 11.1. The lowest BCUT2D eigenvalue weighted by Crippen LogP contribution is -2.20. The highest BCUT2D eigenvalue weighted by molar-refractivity contribution is 5.99. The minimum Gasteiger partial charge on any atom is -0.398 e. The van der Waals surface area contributed by atoms with Crippen LogP contribution in [0.25, 0.3) is 10.9 Å². The maximum atomic E-state index is 12.4. The van der Waals surface area contributed by atoms with Crippen molar-refractivity contribution in [3.8, 4) is 0 Å². The van der Waals surface area contributed by atoms with E-state index in [4.69, 9.17) is 11.5 Å². The second-order valence-electron chi connectivity index (χ2n) is 4.59. The molecule has 0 saturated carbocycles. The summed E-state index contributed by atoms with van der Waals surface area (Å²) in [7, 11) is 0. The average Bonchev–Trinajstić information content (AvgIpc) is 2.93. The highest BCUT2D eigenvalue weighted by Gasteiger charge is 2.15. The smallest absolute Gasteiger partial charge is 0.254 e. The van der Waals surface area contributed by atoms with Crippen LogP contribution in [0.15, 0.2) is 30.5 Å². The van der Waals surface area contributed by atoms with Crippen molar-refractivity contribution in [1.29, 1.82) is 0 Å². The van der Waals surface area contributed by atoms with Crippen molar-refractivity contribution in [1.82, 2.24) is 19.6 Å². The highest BCUT2D eigenvalue weighted by atomic mass is 16.2. The van der Waals surface area contributed by atoms with Crippen molar-refractivity contribution < 1.29 is 4.79 Å². The SMILES string of the molecule is Cc1cc2c(N)cccc2n1C(=O)Cn1ncc(N)n1. The van der Waals surface area contributed by atoms with Crippen LogP contribution in [0.2, 0.25) is 0 Å². The fourth-order valence-electron chi connectivity index (χ4n) is 2.30. The molecule has 2 heterocycles. The van der Waals surface area contributed by atoms with Crippen molar-refractivity contribution in [3.63, 3.8) is 0 Å². The second-order valence-corrected chi connectivity index (χ2v) is 4.59. The zero-order chi connectivity index (χ0) is 14.3. The number of nitrogen functional groups attached to an aromatic ring is 2. The summed E-state index contributed by atoms with van der Waals surface area (Å²) in [6.07, 6.45) is 1.41. The van der Waals surface area contributed by atoms with Crippen molar-refractivity contribution in [2.45, 2.75) is 13.5 Å². The number of rotatable bonds is 2. The van der Waals surface area contributed by atoms with Gasteiger partial charge >= 0.3 is 0 Å². The molecule has 0 radical (unpaired) electrons. The first-order valence-corrected chi connectivity index (χ1v) is 6.11. The Morgan fingerprint density at radius 3 is 2.85 bits per heavy atom. The Bertz CT molecular complexity index is 800. The van der Waals surface area contributed by atoms with Gasteiger partial charge in [0, 0.05) is 16.8 Å². The number of carbonyl (C=O) groups excluding carboxylic acids is 1. The molecule has 0 aliphatic carbocycles. The number of aryl methyl sites for hydroxylation is 1. The van der Waals surface area contributed by atoms with Crippen molar-refractivity contribution in [3.05, 3.63) is 36.2 Å². The molecule has 0 spiro atoms. The minimum atomic E-state index is -0.140. The van der Waals surface area contributed by atoms with Gasteiger partial charge in [0.25, 0.3) is 5.91 Å². The lowest BCUT2D eigenvalue weighted by Gasteiger charge is -2.06. The molecule has 0 fully saturated rings. The summed E-state index contributed by atoms with van der Waals surface area (Å²) >= 11 is 0. The number of nitrogens with two attached hydrogens (primary N) is 2. The molecule has 0 bridgehead atoms. The molecular formula is C13H14N6O. The number of aromatic nitrogens is 4. The molecule has 0 aliphatic rings. The Labute approximate surface area is 114 Å². The van der Waals surface area contributed by atoms with Crippen LogP contribution >= 0.6 is 0 Å².